The number of benzene rings is 1. The number of carbonyl (C=O) groups excluding carboxylic acids is 1. The molecular formula is C13H15F2NO. The molecule has 2 unspecified atom stereocenters. The van der Waals surface area contributed by atoms with Gasteiger partial charge >= 0.3 is 0 Å². The number of nitrogens with zero attached hydrogens (tertiary/aromatic N) is 1. The molecule has 0 amide bonds. The second-order valence-electron chi connectivity index (χ2n) is 4.51. The highest BCUT2D eigenvalue weighted by Gasteiger charge is 2.32. The minimum absolute atomic E-state index is 0.104. The molecule has 2 nitrogen and oxygen atoms in total. The summed E-state index contributed by atoms with van der Waals surface area (Å²) < 4.78 is 26.8. The summed E-state index contributed by atoms with van der Waals surface area (Å²) in [6, 6.07) is 4.04. The Balaban J connectivity index is 2.34. The average molecular weight is 239 g/mol. The molecule has 1 aliphatic heterocycles. The van der Waals surface area contributed by atoms with Crippen molar-refractivity contribution in [1.82, 2.24) is 0 Å². The van der Waals surface area contributed by atoms with Gasteiger partial charge in [0.2, 0.25) is 0 Å². The van der Waals surface area contributed by atoms with Crippen molar-refractivity contribution in [1.29, 1.82) is 0 Å². The van der Waals surface area contributed by atoms with E-state index in [-0.39, 0.29) is 23.4 Å². The summed E-state index contributed by atoms with van der Waals surface area (Å²) in [5, 5.41) is 0. The van der Waals surface area contributed by atoms with Crippen molar-refractivity contribution < 1.29 is 13.6 Å². The van der Waals surface area contributed by atoms with Gasteiger partial charge in [-0.2, -0.15) is 0 Å². The van der Waals surface area contributed by atoms with Crippen LogP contribution in [0.25, 0.3) is 0 Å². The predicted molar refractivity (Wildman–Crippen MR) is 62.0 cm³/mol. The highest BCUT2D eigenvalue weighted by molar-refractivity contribution is 5.84. The third-order valence-electron chi connectivity index (χ3n) is 3.56. The number of Topliss-reactive ketones (excluding diaryl/α,β-unsaturated/α-hetero) is 1. The van der Waals surface area contributed by atoms with Gasteiger partial charge in [-0.1, -0.05) is 13.0 Å². The topological polar surface area (TPSA) is 20.3 Å². The van der Waals surface area contributed by atoms with Crippen molar-refractivity contribution in [3.63, 3.8) is 0 Å². The second-order valence-corrected chi connectivity index (χ2v) is 4.51. The molecule has 92 valence electrons. The maximum atomic E-state index is 13.7. The van der Waals surface area contributed by atoms with Crippen LogP contribution >= 0.6 is 0 Å². The number of carbonyl (C=O) groups is 1. The number of ketones is 1. The molecule has 17 heavy (non-hydrogen) atoms. The normalized spacial score (nSPS) is 25.2. The van der Waals surface area contributed by atoms with Crippen LogP contribution in [-0.4, -0.2) is 18.4 Å². The van der Waals surface area contributed by atoms with Gasteiger partial charge in [0.05, 0.1) is 5.69 Å². The quantitative estimate of drug-likeness (QED) is 0.751. The van der Waals surface area contributed by atoms with Crippen molar-refractivity contribution in [2.24, 2.45) is 5.92 Å². The first kappa shape index (κ1) is 12.0. The number of hydrogen-bond acceptors (Lipinski definition) is 2. The van der Waals surface area contributed by atoms with Gasteiger partial charge in [-0.15, -0.1) is 0 Å². The zero-order valence-corrected chi connectivity index (χ0v) is 9.91. The summed E-state index contributed by atoms with van der Waals surface area (Å²) in [7, 11) is 0. The third-order valence-corrected chi connectivity index (χ3v) is 3.56. The van der Waals surface area contributed by atoms with E-state index in [1.165, 1.54) is 6.07 Å². The van der Waals surface area contributed by atoms with E-state index in [4.69, 9.17) is 0 Å². The molecule has 0 bridgehead atoms. The van der Waals surface area contributed by atoms with Crippen LogP contribution in [0.3, 0.4) is 0 Å². The SMILES string of the molecule is CC1C(=O)CCN(c2cccc(F)c2F)C1C. The molecule has 0 spiro atoms. The summed E-state index contributed by atoms with van der Waals surface area (Å²) in [5.74, 6) is -1.64. The monoisotopic (exact) mass is 239 g/mol. The standard InChI is InChI=1S/C13H15F2NO/c1-8-9(2)16(7-6-12(8)17)11-5-3-4-10(14)13(11)15/h3-5,8-9H,6-7H2,1-2H3. The molecule has 1 heterocycles. The second kappa shape index (κ2) is 4.43. The van der Waals surface area contributed by atoms with E-state index in [1.54, 1.807) is 11.0 Å². The first-order valence-corrected chi connectivity index (χ1v) is 5.75. The minimum atomic E-state index is -0.848. The first-order chi connectivity index (χ1) is 8.02. The fourth-order valence-corrected chi connectivity index (χ4v) is 2.25. The van der Waals surface area contributed by atoms with Gasteiger partial charge in [0.25, 0.3) is 0 Å². The fourth-order valence-electron chi connectivity index (χ4n) is 2.25. The molecule has 1 saturated heterocycles. The molecular weight excluding hydrogens is 224 g/mol. The first-order valence-electron chi connectivity index (χ1n) is 5.75. The number of hydrogen-bond donors (Lipinski definition) is 0. The molecule has 1 aromatic carbocycles. The van der Waals surface area contributed by atoms with Gasteiger partial charge in [-0.05, 0) is 19.1 Å². The number of anilines is 1. The van der Waals surface area contributed by atoms with Crippen LogP contribution < -0.4 is 4.90 Å². The highest BCUT2D eigenvalue weighted by atomic mass is 19.2. The summed E-state index contributed by atoms with van der Waals surface area (Å²) in [6.45, 7) is 4.15. The fraction of sp³-hybridized carbons (Fsp3) is 0.462. The Bertz CT molecular complexity index is 447. The van der Waals surface area contributed by atoms with Crippen LogP contribution in [0.1, 0.15) is 20.3 Å². The molecule has 0 N–H and O–H groups in total. The summed E-state index contributed by atoms with van der Waals surface area (Å²) in [4.78, 5) is 13.3. The number of halogens is 2. The largest absolute Gasteiger partial charge is 0.365 e. The van der Waals surface area contributed by atoms with E-state index in [0.29, 0.717) is 13.0 Å². The Kier molecular flexibility index (Phi) is 3.13. The van der Waals surface area contributed by atoms with Crippen LogP contribution in [0.15, 0.2) is 18.2 Å². The van der Waals surface area contributed by atoms with Gasteiger partial charge in [0.1, 0.15) is 5.78 Å². The van der Waals surface area contributed by atoms with Gasteiger partial charge in [0, 0.05) is 24.9 Å². The Hall–Kier alpha value is -1.45. The lowest BCUT2D eigenvalue weighted by Crippen LogP contribution is -2.47. The van der Waals surface area contributed by atoms with Crippen LogP contribution in [0.2, 0.25) is 0 Å². The Morgan fingerprint density at radius 2 is 2.00 bits per heavy atom. The smallest absolute Gasteiger partial charge is 0.182 e. The zero-order valence-electron chi connectivity index (χ0n) is 9.91. The van der Waals surface area contributed by atoms with Crippen LogP contribution in [-0.2, 0) is 4.79 Å². The Morgan fingerprint density at radius 1 is 1.29 bits per heavy atom. The Morgan fingerprint density at radius 3 is 2.71 bits per heavy atom. The lowest BCUT2D eigenvalue weighted by Gasteiger charge is -2.38. The van der Waals surface area contributed by atoms with Crippen molar-refractivity contribution in [3.05, 3.63) is 29.8 Å². The molecule has 0 radical (unpaired) electrons. The molecule has 1 fully saturated rings. The third kappa shape index (κ3) is 2.04. The lowest BCUT2D eigenvalue weighted by molar-refractivity contribution is -0.123. The predicted octanol–water partition coefficient (Wildman–Crippen LogP) is 2.77. The van der Waals surface area contributed by atoms with Crippen molar-refractivity contribution >= 4 is 11.5 Å². The summed E-state index contributed by atoms with van der Waals surface area (Å²) in [5.41, 5.74) is 0.247. The number of rotatable bonds is 1. The van der Waals surface area contributed by atoms with Gasteiger partial charge < -0.3 is 4.90 Å². The van der Waals surface area contributed by atoms with Gasteiger partial charge in [-0.3, -0.25) is 4.79 Å². The molecule has 0 aromatic heterocycles. The van der Waals surface area contributed by atoms with E-state index in [9.17, 15) is 13.6 Å². The van der Waals surface area contributed by atoms with E-state index < -0.39 is 11.6 Å². The van der Waals surface area contributed by atoms with Crippen molar-refractivity contribution in [2.75, 3.05) is 11.4 Å². The average Bonchev–Trinajstić information content (AvgIpc) is 2.31. The van der Waals surface area contributed by atoms with Crippen molar-refractivity contribution in [3.8, 4) is 0 Å². The van der Waals surface area contributed by atoms with Crippen LogP contribution in [0.5, 0.6) is 0 Å². The Labute approximate surface area is 99.2 Å². The van der Waals surface area contributed by atoms with Crippen molar-refractivity contribution in [2.45, 2.75) is 26.3 Å². The van der Waals surface area contributed by atoms with Gasteiger partial charge in [-0.25, -0.2) is 8.78 Å². The van der Waals surface area contributed by atoms with Gasteiger partial charge in [0.15, 0.2) is 11.6 Å². The maximum Gasteiger partial charge on any atom is 0.182 e. The summed E-state index contributed by atoms with van der Waals surface area (Å²) in [6.07, 6.45) is 0.390. The molecule has 2 rings (SSSR count). The molecule has 2 atom stereocenters. The van der Waals surface area contributed by atoms with E-state index in [0.717, 1.165) is 6.07 Å². The summed E-state index contributed by atoms with van der Waals surface area (Å²) >= 11 is 0. The number of piperidine rings is 1. The highest BCUT2D eigenvalue weighted by Crippen LogP contribution is 2.29. The van der Waals surface area contributed by atoms with E-state index >= 15 is 0 Å². The van der Waals surface area contributed by atoms with E-state index in [2.05, 4.69) is 0 Å². The molecule has 1 aliphatic rings. The molecule has 0 saturated carbocycles. The zero-order chi connectivity index (χ0) is 12.6. The minimum Gasteiger partial charge on any atom is -0.365 e. The molecule has 4 heteroatoms. The molecule has 0 aliphatic carbocycles. The van der Waals surface area contributed by atoms with Crippen LogP contribution in [0.4, 0.5) is 14.5 Å². The van der Waals surface area contributed by atoms with Crippen LogP contribution in [0, 0.1) is 17.6 Å². The lowest BCUT2D eigenvalue weighted by atomic mass is 9.90. The molecule has 1 aromatic rings. The van der Waals surface area contributed by atoms with E-state index in [1.807, 2.05) is 13.8 Å². The maximum absolute atomic E-state index is 13.7.